The van der Waals surface area contributed by atoms with Crippen molar-refractivity contribution in [2.24, 2.45) is 0 Å². The van der Waals surface area contributed by atoms with Crippen molar-refractivity contribution in [3.05, 3.63) is 120 Å². The third-order valence-corrected chi connectivity index (χ3v) is 9.49. The van der Waals surface area contributed by atoms with Crippen molar-refractivity contribution in [3.63, 3.8) is 0 Å². The zero-order valence-electron chi connectivity index (χ0n) is 26.2. The highest BCUT2D eigenvalue weighted by atomic mass is 32.2. The number of para-hydroxylation sites is 1. The summed E-state index contributed by atoms with van der Waals surface area (Å²) in [6.07, 6.45) is 1.10. The van der Waals surface area contributed by atoms with Crippen LogP contribution < -0.4 is 14.4 Å². The molecule has 45 heavy (non-hydrogen) atoms. The zero-order chi connectivity index (χ0) is 32.4. The number of carbonyl (C=O) groups is 2. The van der Waals surface area contributed by atoms with Gasteiger partial charge in [0.05, 0.1) is 10.6 Å². The first-order valence-corrected chi connectivity index (χ1v) is 16.6. The molecule has 0 heterocycles. The molecule has 0 radical (unpaired) electrons. The van der Waals surface area contributed by atoms with Gasteiger partial charge in [0.1, 0.15) is 24.1 Å². The van der Waals surface area contributed by atoms with Crippen LogP contribution in [0.1, 0.15) is 44.7 Å². The predicted octanol–water partition coefficient (Wildman–Crippen LogP) is 6.70. The third-order valence-electron chi connectivity index (χ3n) is 7.70. The molecule has 4 aromatic rings. The number of anilines is 1. The standard InChI is InChI=1S/C36H41N3O5S/c1-5-28(4)37-36(41)34(6-2)38(25-29-16-14-13-15-27(29)3)35(40)26-39(45(42,43)33-19-11-8-12-20-33)30-21-23-32(24-22-30)44-31-17-9-7-10-18-31/h7-24,28,34H,5-6,25-26H2,1-4H3,(H,37,41)/t28-,34-/m0/s1. The lowest BCUT2D eigenvalue weighted by Crippen LogP contribution is -2.53. The van der Waals surface area contributed by atoms with Gasteiger partial charge in [-0.05, 0) is 86.3 Å². The summed E-state index contributed by atoms with van der Waals surface area (Å²) < 4.78 is 35.2. The number of aryl methyl sites for hydroxylation is 1. The summed E-state index contributed by atoms with van der Waals surface area (Å²) in [6.45, 7) is 7.34. The second-order valence-electron chi connectivity index (χ2n) is 10.9. The number of sulfonamides is 1. The molecule has 236 valence electrons. The summed E-state index contributed by atoms with van der Waals surface area (Å²) in [6, 6.07) is 30.6. The molecular formula is C36H41N3O5S. The molecule has 0 aliphatic rings. The minimum atomic E-state index is -4.17. The molecule has 2 atom stereocenters. The van der Waals surface area contributed by atoms with Crippen molar-refractivity contribution in [1.29, 1.82) is 0 Å². The van der Waals surface area contributed by atoms with E-state index in [4.69, 9.17) is 4.74 Å². The largest absolute Gasteiger partial charge is 0.457 e. The van der Waals surface area contributed by atoms with Crippen molar-refractivity contribution in [2.75, 3.05) is 10.8 Å². The first kappa shape index (κ1) is 33.3. The van der Waals surface area contributed by atoms with Gasteiger partial charge in [0, 0.05) is 12.6 Å². The molecule has 8 nitrogen and oxygen atoms in total. The average Bonchev–Trinajstić information content (AvgIpc) is 3.05. The van der Waals surface area contributed by atoms with Crippen molar-refractivity contribution >= 4 is 27.5 Å². The highest BCUT2D eigenvalue weighted by Crippen LogP contribution is 2.29. The molecule has 0 spiro atoms. The number of rotatable bonds is 14. The Morgan fingerprint density at radius 3 is 1.96 bits per heavy atom. The minimum Gasteiger partial charge on any atom is -0.457 e. The molecule has 0 aliphatic carbocycles. The molecule has 4 rings (SSSR count). The SMILES string of the molecule is CC[C@H](C)NC(=O)[C@H](CC)N(Cc1ccccc1C)C(=O)CN(c1ccc(Oc2ccccc2)cc1)S(=O)(=O)c1ccccc1. The lowest BCUT2D eigenvalue weighted by molar-refractivity contribution is -0.140. The molecule has 9 heteroatoms. The molecule has 4 aromatic carbocycles. The molecule has 0 unspecified atom stereocenters. The molecule has 0 fully saturated rings. The Hall–Kier alpha value is -4.63. The number of amides is 2. The Kier molecular flexibility index (Phi) is 11.4. The Bertz CT molecular complexity index is 1660. The van der Waals surface area contributed by atoms with Crippen LogP contribution >= 0.6 is 0 Å². The van der Waals surface area contributed by atoms with Crippen molar-refractivity contribution in [2.45, 2.75) is 64.1 Å². The Balaban J connectivity index is 1.72. The summed E-state index contributed by atoms with van der Waals surface area (Å²) >= 11 is 0. The quantitative estimate of drug-likeness (QED) is 0.168. The molecule has 0 aliphatic heterocycles. The van der Waals surface area contributed by atoms with Crippen LogP contribution in [-0.2, 0) is 26.2 Å². The maximum absolute atomic E-state index is 14.3. The Labute approximate surface area is 266 Å². The van der Waals surface area contributed by atoms with Crippen LogP contribution in [0.4, 0.5) is 5.69 Å². The number of carbonyl (C=O) groups excluding carboxylic acids is 2. The second-order valence-corrected chi connectivity index (χ2v) is 12.8. The van der Waals surface area contributed by atoms with Gasteiger partial charge in [-0.2, -0.15) is 0 Å². The van der Waals surface area contributed by atoms with Gasteiger partial charge >= 0.3 is 0 Å². The number of hydrogen-bond donors (Lipinski definition) is 1. The van der Waals surface area contributed by atoms with Gasteiger partial charge in [-0.15, -0.1) is 0 Å². The predicted molar refractivity (Wildman–Crippen MR) is 178 cm³/mol. The van der Waals surface area contributed by atoms with E-state index in [2.05, 4.69) is 5.32 Å². The van der Waals surface area contributed by atoms with E-state index in [0.717, 1.165) is 21.9 Å². The molecule has 0 aromatic heterocycles. The van der Waals surface area contributed by atoms with E-state index in [1.54, 1.807) is 42.5 Å². The van der Waals surface area contributed by atoms with Crippen molar-refractivity contribution < 1.29 is 22.7 Å². The van der Waals surface area contributed by atoms with E-state index in [0.29, 0.717) is 23.6 Å². The van der Waals surface area contributed by atoms with Crippen LogP contribution in [0.3, 0.4) is 0 Å². The first-order valence-electron chi connectivity index (χ1n) is 15.2. The number of hydrogen-bond acceptors (Lipinski definition) is 5. The average molecular weight is 628 g/mol. The summed E-state index contributed by atoms with van der Waals surface area (Å²) in [4.78, 5) is 29.3. The summed E-state index contributed by atoms with van der Waals surface area (Å²) in [5.74, 6) is 0.395. The molecule has 0 saturated carbocycles. The fraction of sp³-hybridized carbons (Fsp3) is 0.278. The van der Waals surface area contributed by atoms with Crippen LogP contribution in [0.2, 0.25) is 0 Å². The lowest BCUT2D eigenvalue weighted by Gasteiger charge is -2.34. The van der Waals surface area contributed by atoms with Gasteiger partial charge in [0.25, 0.3) is 10.0 Å². The van der Waals surface area contributed by atoms with Crippen LogP contribution in [-0.4, -0.2) is 43.8 Å². The van der Waals surface area contributed by atoms with E-state index in [1.165, 1.54) is 17.0 Å². The van der Waals surface area contributed by atoms with Gasteiger partial charge < -0.3 is 15.0 Å². The highest BCUT2D eigenvalue weighted by Gasteiger charge is 2.34. The van der Waals surface area contributed by atoms with Gasteiger partial charge in [0.15, 0.2) is 0 Å². The van der Waals surface area contributed by atoms with Crippen LogP contribution in [0.25, 0.3) is 0 Å². The number of ether oxygens (including phenoxy) is 1. The number of nitrogens with zero attached hydrogens (tertiary/aromatic N) is 2. The van der Waals surface area contributed by atoms with E-state index in [1.807, 2.05) is 82.3 Å². The van der Waals surface area contributed by atoms with E-state index < -0.39 is 28.5 Å². The van der Waals surface area contributed by atoms with Crippen molar-refractivity contribution in [1.82, 2.24) is 10.2 Å². The van der Waals surface area contributed by atoms with Gasteiger partial charge in [-0.25, -0.2) is 8.42 Å². The van der Waals surface area contributed by atoms with E-state index in [-0.39, 0.29) is 23.4 Å². The van der Waals surface area contributed by atoms with E-state index in [9.17, 15) is 18.0 Å². The van der Waals surface area contributed by atoms with Crippen molar-refractivity contribution in [3.8, 4) is 11.5 Å². The van der Waals surface area contributed by atoms with Gasteiger partial charge in [0.2, 0.25) is 11.8 Å². The molecule has 0 saturated heterocycles. The molecule has 0 bridgehead atoms. The van der Waals surface area contributed by atoms with Crippen LogP contribution in [0, 0.1) is 6.92 Å². The van der Waals surface area contributed by atoms with Gasteiger partial charge in [-0.1, -0.05) is 74.5 Å². The minimum absolute atomic E-state index is 0.0504. The van der Waals surface area contributed by atoms with E-state index >= 15 is 0 Å². The third kappa shape index (κ3) is 8.51. The normalized spacial score (nSPS) is 12.5. The highest BCUT2D eigenvalue weighted by molar-refractivity contribution is 7.92. The summed E-state index contributed by atoms with van der Waals surface area (Å²) in [5.41, 5.74) is 2.14. The summed E-state index contributed by atoms with van der Waals surface area (Å²) in [5, 5.41) is 3.00. The van der Waals surface area contributed by atoms with Gasteiger partial charge in [-0.3, -0.25) is 13.9 Å². The monoisotopic (exact) mass is 627 g/mol. The summed E-state index contributed by atoms with van der Waals surface area (Å²) in [7, 11) is -4.17. The molecule has 1 N–H and O–H groups in total. The second kappa shape index (κ2) is 15.4. The fourth-order valence-corrected chi connectivity index (χ4v) is 6.32. The first-order chi connectivity index (χ1) is 21.6. The topological polar surface area (TPSA) is 96.0 Å². The van der Waals surface area contributed by atoms with Crippen LogP contribution in [0.15, 0.2) is 114 Å². The number of benzene rings is 4. The smallest absolute Gasteiger partial charge is 0.264 e. The van der Waals surface area contributed by atoms with Crippen LogP contribution in [0.5, 0.6) is 11.5 Å². The molecular weight excluding hydrogens is 586 g/mol. The number of nitrogens with one attached hydrogen (secondary N) is 1. The maximum atomic E-state index is 14.3. The molecule has 2 amide bonds. The Morgan fingerprint density at radius 1 is 0.778 bits per heavy atom. The maximum Gasteiger partial charge on any atom is 0.264 e. The Morgan fingerprint density at radius 2 is 1.36 bits per heavy atom. The fourth-order valence-electron chi connectivity index (χ4n) is 4.89. The zero-order valence-corrected chi connectivity index (χ0v) is 27.0. The lowest BCUT2D eigenvalue weighted by atomic mass is 10.1.